The molecule has 172 valence electrons. The number of benzene rings is 2. The van der Waals surface area contributed by atoms with E-state index in [-0.39, 0.29) is 35.2 Å². The standard InChI is InChI=1S/C25H27N3O5/c1-16(2)28-24(31)20-10-7-18(15-21(20)25(28)32)23(30)27-12-4-11-26(13-14-27)22(29)17-5-8-19(33-3)9-6-17/h5-10,15-16H,4,11-14H2,1-3H3. The molecular formula is C25H27N3O5. The van der Waals surface area contributed by atoms with E-state index < -0.39 is 0 Å². The molecule has 0 spiro atoms. The van der Waals surface area contributed by atoms with Gasteiger partial charge in [0.1, 0.15) is 5.75 Å². The predicted octanol–water partition coefficient (Wildman–Crippen LogP) is 2.69. The van der Waals surface area contributed by atoms with Crippen molar-refractivity contribution in [1.82, 2.24) is 14.7 Å². The third-order valence-corrected chi connectivity index (χ3v) is 6.09. The lowest BCUT2D eigenvalue weighted by Crippen LogP contribution is -2.37. The van der Waals surface area contributed by atoms with Crippen molar-refractivity contribution in [2.75, 3.05) is 33.3 Å². The highest BCUT2D eigenvalue weighted by Crippen LogP contribution is 2.26. The van der Waals surface area contributed by atoms with Gasteiger partial charge in [-0.1, -0.05) is 0 Å². The number of fused-ring (bicyclic) bond motifs is 1. The summed E-state index contributed by atoms with van der Waals surface area (Å²) >= 11 is 0. The second-order valence-corrected chi connectivity index (χ2v) is 8.50. The van der Waals surface area contributed by atoms with Gasteiger partial charge in [-0.25, -0.2) is 0 Å². The lowest BCUT2D eigenvalue weighted by molar-refractivity contribution is 0.0608. The third-order valence-electron chi connectivity index (χ3n) is 6.09. The van der Waals surface area contributed by atoms with Crippen molar-refractivity contribution in [3.8, 4) is 5.75 Å². The third kappa shape index (κ3) is 4.20. The first-order valence-corrected chi connectivity index (χ1v) is 11.1. The summed E-state index contributed by atoms with van der Waals surface area (Å²) < 4.78 is 5.14. The van der Waals surface area contributed by atoms with E-state index in [0.717, 1.165) is 0 Å². The number of imide groups is 1. The number of amides is 4. The Balaban J connectivity index is 1.46. The lowest BCUT2D eigenvalue weighted by atomic mass is 10.0. The second kappa shape index (κ2) is 9.05. The van der Waals surface area contributed by atoms with Crippen molar-refractivity contribution in [1.29, 1.82) is 0 Å². The van der Waals surface area contributed by atoms with Gasteiger partial charge in [0.25, 0.3) is 23.6 Å². The van der Waals surface area contributed by atoms with Crippen LogP contribution < -0.4 is 4.74 Å². The summed E-state index contributed by atoms with van der Waals surface area (Å²) in [6.45, 7) is 5.43. The molecule has 0 aromatic heterocycles. The molecule has 8 heteroatoms. The van der Waals surface area contributed by atoms with Crippen LogP contribution in [-0.2, 0) is 0 Å². The van der Waals surface area contributed by atoms with Gasteiger partial charge in [-0.2, -0.15) is 0 Å². The lowest BCUT2D eigenvalue weighted by Gasteiger charge is -2.22. The van der Waals surface area contributed by atoms with Crippen molar-refractivity contribution < 1.29 is 23.9 Å². The Hall–Kier alpha value is -3.68. The van der Waals surface area contributed by atoms with Gasteiger partial charge in [0, 0.05) is 43.3 Å². The number of nitrogens with zero attached hydrogens (tertiary/aromatic N) is 3. The van der Waals surface area contributed by atoms with Crippen LogP contribution in [0.15, 0.2) is 42.5 Å². The molecule has 4 amide bonds. The van der Waals surface area contributed by atoms with Gasteiger partial charge in [0.2, 0.25) is 0 Å². The molecular weight excluding hydrogens is 422 g/mol. The highest BCUT2D eigenvalue weighted by molar-refractivity contribution is 6.22. The highest BCUT2D eigenvalue weighted by Gasteiger charge is 2.37. The second-order valence-electron chi connectivity index (χ2n) is 8.50. The fourth-order valence-electron chi connectivity index (χ4n) is 4.28. The van der Waals surface area contributed by atoms with Gasteiger partial charge in [-0.3, -0.25) is 24.1 Å². The molecule has 2 aromatic rings. The van der Waals surface area contributed by atoms with Crippen molar-refractivity contribution in [2.24, 2.45) is 0 Å². The summed E-state index contributed by atoms with van der Waals surface area (Å²) in [5, 5.41) is 0. The largest absolute Gasteiger partial charge is 0.497 e. The normalized spacial score (nSPS) is 16.2. The van der Waals surface area contributed by atoms with Gasteiger partial charge in [0.05, 0.1) is 18.2 Å². The summed E-state index contributed by atoms with van der Waals surface area (Å²) in [7, 11) is 1.58. The van der Waals surface area contributed by atoms with Gasteiger partial charge in [-0.05, 0) is 62.7 Å². The first-order valence-electron chi connectivity index (χ1n) is 11.1. The van der Waals surface area contributed by atoms with Gasteiger partial charge < -0.3 is 14.5 Å². The van der Waals surface area contributed by atoms with E-state index in [1.54, 1.807) is 67.2 Å². The van der Waals surface area contributed by atoms with E-state index in [1.165, 1.54) is 11.0 Å². The maximum atomic E-state index is 13.2. The molecule has 0 bridgehead atoms. The molecule has 0 N–H and O–H groups in total. The molecule has 1 saturated heterocycles. The van der Waals surface area contributed by atoms with Crippen LogP contribution in [0.2, 0.25) is 0 Å². The Morgan fingerprint density at radius 3 is 1.91 bits per heavy atom. The van der Waals surface area contributed by atoms with E-state index in [4.69, 9.17) is 4.74 Å². The molecule has 0 saturated carbocycles. The minimum absolute atomic E-state index is 0.0811. The zero-order valence-electron chi connectivity index (χ0n) is 19.0. The van der Waals surface area contributed by atoms with Crippen LogP contribution >= 0.6 is 0 Å². The molecule has 0 unspecified atom stereocenters. The fraction of sp³-hybridized carbons (Fsp3) is 0.360. The van der Waals surface area contributed by atoms with Crippen LogP contribution in [0.3, 0.4) is 0 Å². The quantitative estimate of drug-likeness (QED) is 0.670. The zero-order valence-corrected chi connectivity index (χ0v) is 19.0. The predicted molar refractivity (Wildman–Crippen MR) is 121 cm³/mol. The Kier molecular flexibility index (Phi) is 6.18. The van der Waals surface area contributed by atoms with Gasteiger partial charge >= 0.3 is 0 Å². The summed E-state index contributed by atoms with van der Waals surface area (Å²) in [5.74, 6) is -0.300. The van der Waals surface area contributed by atoms with Crippen LogP contribution in [0.1, 0.15) is 61.7 Å². The van der Waals surface area contributed by atoms with E-state index in [9.17, 15) is 19.2 Å². The van der Waals surface area contributed by atoms with Gasteiger partial charge in [-0.15, -0.1) is 0 Å². The van der Waals surface area contributed by atoms with Crippen LogP contribution in [0.4, 0.5) is 0 Å². The van der Waals surface area contributed by atoms with Crippen molar-refractivity contribution in [3.63, 3.8) is 0 Å². The van der Waals surface area contributed by atoms with Crippen LogP contribution in [0.25, 0.3) is 0 Å². The Morgan fingerprint density at radius 1 is 0.788 bits per heavy atom. The maximum Gasteiger partial charge on any atom is 0.261 e. The molecule has 2 aliphatic heterocycles. The number of hydrogen-bond acceptors (Lipinski definition) is 5. The zero-order chi connectivity index (χ0) is 23.7. The number of carbonyl (C=O) groups excluding carboxylic acids is 4. The summed E-state index contributed by atoms with van der Waals surface area (Å²) in [4.78, 5) is 55.9. The number of rotatable bonds is 4. The first-order chi connectivity index (χ1) is 15.8. The van der Waals surface area contributed by atoms with Crippen LogP contribution in [0.5, 0.6) is 5.75 Å². The van der Waals surface area contributed by atoms with E-state index in [2.05, 4.69) is 0 Å². The summed E-state index contributed by atoms with van der Waals surface area (Å²) in [5.41, 5.74) is 1.55. The fourth-order valence-corrected chi connectivity index (χ4v) is 4.28. The number of carbonyl (C=O) groups is 4. The van der Waals surface area contributed by atoms with E-state index in [0.29, 0.717) is 55.0 Å². The molecule has 33 heavy (non-hydrogen) atoms. The number of hydrogen-bond donors (Lipinski definition) is 0. The maximum absolute atomic E-state index is 13.2. The van der Waals surface area contributed by atoms with Crippen molar-refractivity contribution >= 4 is 23.6 Å². The van der Waals surface area contributed by atoms with Gasteiger partial charge in [0.15, 0.2) is 0 Å². The molecule has 0 aliphatic carbocycles. The van der Waals surface area contributed by atoms with E-state index >= 15 is 0 Å². The minimum atomic E-state index is -0.369. The Bertz CT molecular complexity index is 1110. The van der Waals surface area contributed by atoms with Crippen molar-refractivity contribution in [3.05, 3.63) is 64.7 Å². The molecule has 2 heterocycles. The number of methoxy groups -OCH3 is 1. The molecule has 0 atom stereocenters. The molecule has 1 fully saturated rings. The topological polar surface area (TPSA) is 87.2 Å². The first kappa shape index (κ1) is 22.5. The highest BCUT2D eigenvalue weighted by atomic mass is 16.5. The minimum Gasteiger partial charge on any atom is -0.497 e. The summed E-state index contributed by atoms with van der Waals surface area (Å²) in [6, 6.07) is 11.4. The molecule has 4 rings (SSSR count). The average Bonchev–Trinajstić information content (AvgIpc) is 2.97. The molecule has 2 aliphatic rings. The van der Waals surface area contributed by atoms with E-state index in [1.807, 2.05) is 0 Å². The van der Waals surface area contributed by atoms with Crippen LogP contribution in [0, 0.1) is 0 Å². The number of ether oxygens (including phenoxy) is 1. The van der Waals surface area contributed by atoms with Crippen molar-refractivity contribution in [2.45, 2.75) is 26.3 Å². The molecule has 0 radical (unpaired) electrons. The average molecular weight is 450 g/mol. The molecule has 2 aromatic carbocycles. The molecule has 8 nitrogen and oxygen atoms in total. The smallest absolute Gasteiger partial charge is 0.261 e. The summed E-state index contributed by atoms with van der Waals surface area (Å²) in [6.07, 6.45) is 0.650. The Morgan fingerprint density at radius 2 is 1.33 bits per heavy atom. The van der Waals surface area contributed by atoms with Crippen LogP contribution in [-0.4, -0.2) is 77.7 Å². The monoisotopic (exact) mass is 449 g/mol. The SMILES string of the molecule is COc1ccc(C(=O)N2CCCN(C(=O)c3ccc4c(c3)C(=O)N(C(C)C)C4=O)CC2)cc1. The Labute approximate surface area is 192 Å².